The van der Waals surface area contributed by atoms with Gasteiger partial charge < -0.3 is 4.74 Å². The number of rotatable bonds is 5. The lowest BCUT2D eigenvalue weighted by Gasteiger charge is -2.14. The summed E-state index contributed by atoms with van der Waals surface area (Å²) in [5, 5.41) is -0.715. The van der Waals surface area contributed by atoms with Crippen LogP contribution in [0.25, 0.3) is 0 Å². The average molecular weight is 334 g/mol. The molecule has 0 bridgehead atoms. The molecule has 2 atom stereocenters. The van der Waals surface area contributed by atoms with Crippen LogP contribution in [0, 0.1) is 0 Å². The van der Waals surface area contributed by atoms with Gasteiger partial charge in [-0.05, 0) is 24.6 Å². The molecule has 0 amide bonds. The van der Waals surface area contributed by atoms with E-state index in [0.29, 0.717) is 5.56 Å². The van der Waals surface area contributed by atoms with Crippen LogP contribution in [0.3, 0.4) is 0 Å². The van der Waals surface area contributed by atoms with Gasteiger partial charge >= 0.3 is 12.5 Å². The van der Waals surface area contributed by atoms with E-state index in [1.165, 1.54) is 19.1 Å². The van der Waals surface area contributed by atoms with Gasteiger partial charge in [0.25, 0.3) is 0 Å². The molecule has 21 heavy (non-hydrogen) atoms. The van der Waals surface area contributed by atoms with Crippen molar-refractivity contribution in [3.63, 3.8) is 0 Å². The molecule has 0 saturated heterocycles. The summed E-state index contributed by atoms with van der Waals surface area (Å²) in [7, 11) is -1.77. The topological polar surface area (TPSA) is 26.3 Å². The predicted molar refractivity (Wildman–Crippen MR) is 65.2 cm³/mol. The molecule has 0 aromatic heterocycles. The molecule has 120 valence electrons. The van der Waals surface area contributed by atoms with Gasteiger partial charge in [0, 0.05) is 16.6 Å². The first-order valence-electron chi connectivity index (χ1n) is 5.77. The summed E-state index contributed by atoms with van der Waals surface area (Å²) in [4.78, 5) is 0. The summed E-state index contributed by atoms with van der Waals surface area (Å²) < 4.78 is 87.4. The van der Waals surface area contributed by atoms with Gasteiger partial charge in [-0.15, -0.1) is 13.2 Å². The van der Waals surface area contributed by atoms with E-state index in [4.69, 9.17) is 0 Å². The van der Waals surface area contributed by atoms with Crippen molar-refractivity contribution in [3.05, 3.63) is 29.8 Å². The first-order valence-corrected chi connectivity index (χ1v) is 7.16. The smallest absolute Gasteiger partial charge is 0.406 e. The Morgan fingerprint density at radius 1 is 1.10 bits per heavy atom. The Hall–Kier alpha value is -1.25. The van der Waals surface area contributed by atoms with Gasteiger partial charge in [0.1, 0.15) is 5.75 Å². The lowest BCUT2D eigenvalue weighted by atomic mass is 10.1. The van der Waals surface area contributed by atoms with E-state index in [-0.39, 0.29) is 0 Å². The van der Waals surface area contributed by atoms with E-state index < -0.39 is 46.5 Å². The normalized spacial score (nSPS) is 15.6. The molecule has 0 aliphatic carbocycles. The van der Waals surface area contributed by atoms with Crippen LogP contribution in [0.15, 0.2) is 24.3 Å². The lowest BCUT2D eigenvalue weighted by molar-refractivity contribution is -0.274. The SMILES string of the molecule is CC(c1ccc(OC(F)(F)F)cc1)S(=O)CCC(F)(F)F. The molecule has 0 spiro atoms. The third-order valence-corrected chi connectivity index (χ3v) is 4.23. The molecule has 0 heterocycles. The number of hydrogen-bond donors (Lipinski definition) is 0. The van der Waals surface area contributed by atoms with Gasteiger partial charge in [-0.2, -0.15) is 13.2 Å². The molecule has 0 N–H and O–H groups in total. The van der Waals surface area contributed by atoms with Gasteiger partial charge in [0.2, 0.25) is 0 Å². The predicted octanol–water partition coefficient (Wildman–Crippen LogP) is 4.35. The first-order chi connectivity index (χ1) is 9.48. The van der Waals surface area contributed by atoms with Gasteiger partial charge in [-0.3, -0.25) is 4.21 Å². The number of ether oxygens (including phenoxy) is 1. The Morgan fingerprint density at radius 2 is 1.62 bits per heavy atom. The molecule has 0 aliphatic heterocycles. The van der Waals surface area contributed by atoms with E-state index in [9.17, 15) is 30.6 Å². The lowest BCUT2D eigenvalue weighted by Crippen LogP contribution is -2.17. The van der Waals surface area contributed by atoms with Crippen LogP contribution in [-0.2, 0) is 10.8 Å². The zero-order chi connectivity index (χ0) is 16.3. The summed E-state index contributed by atoms with van der Waals surface area (Å²) in [6.45, 7) is 1.45. The number of benzene rings is 1. The molecule has 1 aromatic carbocycles. The molecule has 9 heteroatoms. The second-order valence-electron chi connectivity index (χ2n) is 4.21. The van der Waals surface area contributed by atoms with Crippen LogP contribution in [0.4, 0.5) is 26.3 Å². The maximum absolute atomic E-state index is 12.0. The average Bonchev–Trinajstić information content (AvgIpc) is 2.33. The van der Waals surface area contributed by atoms with E-state index in [1.54, 1.807) is 0 Å². The second-order valence-corrected chi connectivity index (χ2v) is 6.09. The minimum atomic E-state index is -4.82. The van der Waals surface area contributed by atoms with Gasteiger partial charge in [0.15, 0.2) is 0 Å². The van der Waals surface area contributed by atoms with Crippen molar-refractivity contribution in [2.24, 2.45) is 0 Å². The summed E-state index contributed by atoms with van der Waals surface area (Å²) >= 11 is 0. The maximum atomic E-state index is 12.0. The summed E-state index contributed by atoms with van der Waals surface area (Å²) in [5.74, 6) is -0.995. The third-order valence-electron chi connectivity index (χ3n) is 2.56. The molecule has 1 rings (SSSR count). The molecular formula is C12H12F6O2S. The minimum Gasteiger partial charge on any atom is -0.406 e. The fourth-order valence-corrected chi connectivity index (χ4v) is 2.73. The summed E-state index contributed by atoms with van der Waals surface area (Å²) in [5.41, 5.74) is 0.380. The van der Waals surface area contributed by atoms with Crippen molar-refractivity contribution in [1.82, 2.24) is 0 Å². The number of halogens is 6. The summed E-state index contributed by atoms with van der Waals surface area (Å²) in [6, 6.07) is 4.55. The van der Waals surface area contributed by atoms with Crippen LogP contribution in [-0.4, -0.2) is 22.5 Å². The summed E-state index contributed by atoms with van der Waals surface area (Å²) in [6.07, 6.45) is -10.4. The molecule has 0 fully saturated rings. The standard InChI is InChI=1S/C12H12F6O2S/c1-8(21(19)7-6-11(13,14)15)9-2-4-10(5-3-9)20-12(16,17)18/h2-5,8H,6-7H2,1H3. The van der Waals surface area contributed by atoms with Crippen molar-refractivity contribution in [1.29, 1.82) is 0 Å². The van der Waals surface area contributed by atoms with Gasteiger partial charge in [0.05, 0.1) is 11.7 Å². The van der Waals surface area contributed by atoms with Crippen LogP contribution in [0.2, 0.25) is 0 Å². The minimum absolute atomic E-state index is 0.380. The maximum Gasteiger partial charge on any atom is 0.573 e. The number of hydrogen-bond acceptors (Lipinski definition) is 2. The highest BCUT2D eigenvalue weighted by Gasteiger charge is 2.31. The fourth-order valence-electron chi connectivity index (χ4n) is 1.49. The van der Waals surface area contributed by atoms with Crippen molar-refractivity contribution >= 4 is 10.8 Å². The molecule has 2 nitrogen and oxygen atoms in total. The zero-order valence-corrected chi connectivity index (χ0v) is 11.6. The molecule has 0 saturated carbocycles. The molecule has 1 aromatic rings. The quantitative estimate of drug-likeness (QED) is 0.749. The Bertz CT molecular complexity index is 480. The van der Waals surface area contributed by atoms with Crippen molar-refractivity contribution in [2.45, 2.75) is 31.1 Å². The highest BCUT2D eigenvalue weighted by Crippen LogP contribution is 2.27. The van der Waals surface area contributed by atoms with Gasteiger partial charge in [-0.1, -0.05) is 12.1 Å². The molecular weight excluding hydrogens is 322 g/mol. The zero-order valence-electron chi connectivity index (χ0n) is 10.8. The van der Waals surface area contributed by atoms with Gasteiger partial charge in [-0.25, -0.2) is 0 Å². The Morgan fingerprint density at radius 3 is 2.05 bits per heavy atom. The first kappa shape index (κ1) is 17.8. The third kappa shape index (κ3) is 6.83. The van der Waals surface area contributed by atoms with Crippen LogP contribution in [0.5, 0.6) is 5.75 Å². The Kier molecular flexibility index (Phi) is 5.66. The molecule has 0 radical (unpaired) electrons. The van der Waals surface area contributed by atoms with Crippen molar-refractivity contribution < 1.29 is 35.3 Å². The Balaban J connectivity index is 2.66. The van der Waals surface area contributed by atoms with E-state index in [2.05, 4.69) is 4.74 Å². The highest BCUT2D eigenvalue weighted by atomic mass is 32.2. The molecule has 2 unspecified atom stereocenters. The van der Waals surface area contributed by atoms with Crippen LogP contribution >= 0.6 is 0 Å². The largest absolute Gasteiger partial charge is 0.573 e. The van der Waals surface area contributed by atoms with Crippen molar-refractivity contribution in [2.75, 3.05) is 5.75 Å². The van der Waals surface area contributed by atoms with Crippen molar-refractivity contribution in [3.8, 4) is 5.75 Å². The Labute approximate surface area is 119 Å². The van der Waals surface area contributed by atoms with E-state index in [0.717, 1.165) is 12.1 Å². The monoisotopic (exact) mass is 334 g/mol. The van der Waals surface area contributed by atoms with Crippen LogP contribution in [0.1, 0.15) is 24.2 Å². The second kappa shape index (κ2) is 6.67. The van der Waals surface area contributed by atoms with E-state index >= 15 is 0 Å². The fraction of sp³-hybridized carbons (Fsp3) is 0.500. The molecule has 0 aliphatic rings. The highest BCUT2D eigenvalue weighted by molar-refractivity contribution is 7.85. The number of alkyl halides is 6. The van der Waals surface area contributed by atoms with E-state index in [1.807, 2.05) is 0 Å². The van der Waals surface area contributed by atoms with Crippen LogP contribution < -0.4 is 4.74 Å².